The Morgan fingerprint density at radius 2 is 1.72 bits per heavy atom. The molecule has 94 valence electrons. The smallest absolute Gasteiger partial charge is 0.00499 e. The zero-order valence-electron chi connectivity index (χ0n) is 11.8. The Bertz CT molecular complexity index is 525. The van der Waals surface area contributed by atoms with E-state index >= 15 is 0 Å². The normalized spacial score (nSPS) is 18.7. The van der Waals surface area contributed by atoms with Crippen molar-refractivity contribution >= 4 is 5.57 Å². The summed E-state index contributed by atoms with van der Waals surface area (Å²) in [6.45, 7) is 8.61. The van der Waals surface area contributed by atoms with Gasteiger partial charge < -0.3 is 0 Å². The first kappa shape index (κ1) is 12.9. The first-order valence-corrected chi connectivity index (χ1v) is 6.86. The fourth-order valence-corrected chi connectivity index (χ4v) is 2.70. The molecule has 18 heavy (non-hydrogen) atoms. The van der Waals surface area contributed by atoms with Crippen molar-refractivity contribution in [3.8, 4) is 0 Å². The minimum Gasteiger partial charge on any atom is -0.0748 e. The van der Waals surface area contributed by atoms with E-state index in [0.717, 1.165) is 6.42 Å². The molecule has 0 atom stereocenters. The van der Waals surface area contributed by atoms with Gasteiger partial charge in [-0.05, 0) is 28.7 Å². The van der Waals surface area contributed by atoms with Gasteiger partial charge in [-0.15, -0.1) is 0 Å². The van der Waals surface area contributed by atoms with Gasteiger partial charge in [0.25, 0.3) is 0 Å². The van der Waals surface area contributed by atoms with Gasteiger partial charge in [0.2, 0.25) is 0 Å². The molecule has 0 spiro atoms. The summed E-state index contributed by atoms with van der Waals surface area (Å²) in [5.74, 6) is 0. The van der Waals surface area contributed by atoms with E-state index in [9.17, 15) is 0 Å². The number of benzene rings is 1. The summed E-state index contributed by atoms with van der Waals surface area (Å²) in [6, 6.07) is 8.76. The van der Waals surface area contributed by atoms with Gasteiger partial charge in [0.1, 0.15) is 0 Å². The predicted octanol–water partition coefficient (Wildman–Crippen LogP) is 5.17. The first-order chi connectivity index (χ1) is 8.68. The van der Waals surface area contributed by atoms with Crippen LogP contribution < -0.4 is 0 Å². The summed E-state index contributed by atoms with van der Waals surface area (Å²) in [5, 5.41) is 0. The van der Waals surface area contributed by atoms with Crippen LogP contribution in [0, 0.1) is 5.41 Å². The van der Waals surface area contributed by atoms with Crippen LogP contribution in [0.2, 0.25) is 0 Å². The number of hydrogen-bond donors (Lipinski definition) is 0. The van der Waals surface area contributed by atoms with Gasteiger partial charge in [-0.1, -0.05) is 76.3 Å². The molecule has 0 saturated carbocycles. The number of fused-ring (bicyclic) bond motifs is 2. The van der Waals surface area contributed by atoms with E-state index in [1.165, 1.54) is 16.7 Å². The predicted molar refractivity (Wildman–Crippen MR) is 80.5 cm³/mol. The largest absolute Gasteiger partial charge is 0.0748 e. The summed E-state index contributed by atoms with van der Waals surface area (Å²) >= 11 is 0. The topological polar surface area (TPSA) is 0 Å². The van der Waals surface area contributed by atoms with E-state index in [-0.39, 0.29) is 5.41 Å². The lowest BCUT2D eigenvalue weighted by Gasteiger charge is -2.22. The highest BCUT2D eigenvalue weighted by Crippen LogP contribution is 2.44. The summed E-state index contributed by atoms with van der Waals surface area (Å²) < 4.78 is 0. The quantitative estimate of drug-likeness (QED) is 0.584. The molecule has 1 aromatic rings. The molecule has 0 amide bonds. The van der Waals surface area contributed by atoms with E-state index in [2.05, 4.69) is 62.4 Å². The maximum atomic E-state index is 2.30. The Morgan fingerprint density at radius 1 is 1.00 bits per heavy atom. The van der Waals surface area contributed by atoms with Crippen LogP contribution in [0.5, 0.6) is 0 Å². The lowest BCUT2D eigenvalue weighted by atomic mass is 9.81. The zero-order chi connectivity index (χ0) is 13.2. The number of hydrogen-bond acceptors (Lipinski definition) is 0. The fourth-order valence-electron chi connectivity index (χ4n) is 2.70. The summed E-state index contributed by atoms with van der Waals surface area (Å²) in [5.41, 5.74) is 6.06. The highest BCUT2D eigenvalue weighted by molar-refractivity contribution is 5.84. The van der Waals surface area contributed by atoms with Gasteiger partial charge in [-0.3, -0.25) is 0 Å². The Balaban J connectivity index is 0.000000574. The second kappa shape index (κ2) is 4.97. The lowest BCUT2D eigenvalue weighted by Crippen LogP contribution is -2.11. The van der Waals surface area contributed by atoms with Crippen LogP contribution >= 0.6 is 0 Å². The van der Waals surface area contributed by atoms with Crippen LogP contribution in [-0.2, 0) is 6.42 Å². The molecule has 0 heterocycles. The second-order valence-corrected chi connectivity index (χ2v) is 5.17. The Hall–Kier alpha value is -1.56. The minimum absolute atomic E-state index is 0.178. The van der Waals surface area contributed by atoms with Crippen LogP contribution in [0.4, 0.5) is 0 Å². The lowest BCUT2D eigenvalue weighted by molar-refractivity contribution is 0.572. The molecule has 0 N–H and O–H groups in total. The van der Waals surface area contributed by atoms with Crippen LogP contribution in [0.25, 0.3) is 5.57 Å². The average molecular weight is 238 g/mol. The molecule has 0 bridgehead atoms. The van der Waals surface area contributed by atoms with Crippen molar-refractivity contribution in [2.24, 2.45) is 5.41 Å². The zero-order valence-corrected chi connectivity index (χ0v) is 11.8. The van der Waals surface area contributed by atoms with Crippen molar-refractivity contribution in [3.05, 3.63) is 65.3 Å². The maximum absolute atomic E-state index is 2.30. The fraction of sp³-hybridized carbons (Fsp3) is 0.333. The van der Waals surface area contributed by atoms with Gasteiger partial charge in [0, 0.05) is 5.41 Å². The summed E-state index contributed by atoms with van der Waals surface area (Å²) in [7, 11) is 0. The Kier molecular flexibility index (Phi) is 3.56. The molecular formula is C18H22. The molecule has 0 fully saturated rings. The van der Waals surface area contributed by atoms with E-state index in [0.29, 0.717) is 0 Å². The second-order valence-electron chi connectivity index (χ2n) is 5.17. The molecule has 0 saturated heterocycles. The number of allylic oxidation sites excluding steroid dienone is 6. The van der Waals surface area contributed by atoms with Gasteiger partial charge in [0.05, 0.1) is 0 Å². The SMILES string of the molecule is CC.CC1(C)C=CC=CC2=C1Cc1ccccc12. The Labute approximate surface area is 111 Å². The Morgan fingerprint density at radius 3 is 2.50 bits per heavy atom. The third kappa shape index (κ3) is 2.08. The maximum Gasteiger partial charge on any atom is 0.00499 e. The van der Waals surface area contributed by atoms with Crippen molar-refractivity contribution in [2.45, 2.75) is 34.1 Å². The molecule has 2 aliphatic rings. The summed E-state index contributed by atoms with van der Waals surface area (Å²) in [4.78, 5) is 0. The van der Waals surface area contributed by atoms with E-state index in [4.69, 9.17) is 0 Å². The molecule has 1 aromatic carbocycles. The van der Waals surface area contributed by atoms with Gasteiger partial charge in [-0.25, -0.2) is 0 Å². The third-order valence-electron chi connectivity index (χ3n) is 3.66. The highest BCUT2D eigenvalue weighted by atomic mass is 14.3. The van der Waals surface area contributed by atoms with Crippen LogP contribution in [0.1, 0.15) is 38.8 Å². The first-order valence-electron chi connectivity index (χ1n) is 6.86. The van der Waals surface area contributed by atoms with E-state index in [1.54, 1.807) is 5.57 Å². The minimum atomic E-state index is 0.178. The van der Waals surface area contributed by atoms with Crippen molar-refractivity contribution < 1.29 is 0 Å². The van der Waals surface area contributed by atoms with Crippen molar-refractivity contribution in [1.82, 2.24) is 0 Å². The highest BCUT2D eigenvalue weighted by Gasteiger charge is 2.29. The molecule has 2 aliphatic carbocycles. The standard InChI is InChI=1S/C16H16.C2H6/c1-16(2)10-6-5-9-14-13-8-4-3-7-12(13)11-15(14)16;1-2/h3-10H,11H2,1-2H3;1-2H3. The molecule has 0 aliphatic heterocycles. The molecule has 0 radical (unpaired) electrons. The van der Waals surface area contributed by atoms with Crippen LogP contribution in [-0.4, -0.2) is 0 Å². The van der Waals surface area contributed by atoms with Crippen molar-refractivity contribution in [3.63, 3.8) is 0 Å². The van der Waals surface area contributed by atoms with E-state index < -0.39 is 0 Å². The summed E-state index contributed by atoms with van der Waals surface area (Å²) in [6.07, 6.45) is 9.99. The third-order valence-corrected chi connectivity index (χ3v) is 3.66. The van der Waals surface area contributed by atoms with Gasteiger partial charge in [0.15, 0.2) is 0 Å². The number of rotatable bonds is 0. The molecule has 0 nitrogen and oxygen atoms in total. The monoisotopic (exact) mass is 238 g/mol. The van der Waals surface area contributed by atoms with E-state index in [1.807, 2.05) is 13.8 Å². The van der Waals surface area contributed by atoms with Crippen molar-refractivity contribution in [2.75, 3.05) is 0 Å². The van der Waals surface area contributed by atoms with Gasteiger partial charge in [-0.2, -0.15) is 0 Å². The van der Waals surface area contributed by atoms with Crippen molar-refractivity contribution in [1.29, 1.82) is 0 Å². The molecule has 0 aromatic heterocycles. The molecular weight excluding hydrogens is 216 g/mol. The van der Waals surface area contributed by atoms with Crippen LogP contribution in [0.15, 0.2) is 54.1 Å². The molecule has 3 rings (SSSR count). The molecule has 0 unspecified atom stereocenters. The van der Waals surface area contributed by atoms with Gasteiger partial charge >= 0.3 is 0 Å². The molecule has 0 heteroatoms. The van der Waals surface area contributed by atoms with Crippen LogP contribution in [0.3, 0.4) is 0 Å². The average Bonchev–Trinajstić information content (AvgIpc) is 2.70.